The quantitative estimate of drug-likeness (QED) is 0.800. The predicted molar refractivity (Wildman–Crippen MR) is 107 cm³/mol. The molecule has 0 bridgehead atoms. The summed E-state index contributed by atoms with van der Waals surface area (Å²) in [5, 5.41) is 3.40. The molecule has 1 atom stereocenters. The van der Waals surface area contributed by atoms with Crippen LogP contribution in [0.15, 0.2) is 42.5 Å². The Morgan fingerprint density at radius 1 is 1.19 bits per heavy atom. The lowest BCUT2D eigenvalue weighted by atomic mass is 10.1. The van der Waals surface area contributed by atoms with Crippen molar-refractivity contribution >= 4 is 38.9 Å². The topological polar surface area (TPSA) is 66.5 Å². The summed E-state index contributed by atoms with van der Waals surface area (Å²) in [6, 6.07) is 11.4. The largest absolute Gasteiger partial charge is 0.324 e. The number of aryl methyl sites for hydroxylation is 2. The van der Waals surface area contributed by atoms with E-state index >= 15 is 0 Å². The summed E-state index contributed by atoms with van der Waals surface area (Å²) >= 11 is 5.95. The minimum Gasteiger partial charge on any atom is -0.324 e. The van der Waals surface area contributed by atoms with Crippen LogP contribution in [0.5, 0.6) is 0 Å². The zero-order valence-corrected chi connectivity index (χ0v) is 16.9. The fourth-order valence-electron chi connectivity index (χ4n) is 2.81. The SMILES string of the molecule is CCC(C(=O)Nc1ccc(Cl)cc1C)N(c1cccc(C)c1)S(C)(=O)=O. The van der Waals surface area contributed by atoms with Gasteiger partial charge >= 0.3 is 0 Å². The first kappa shape index (κ1) is 20.3. The molecule has 0 aliphatic carbocycles. The molecule has 1 unspecified atom stereocenters. The van der Waals surface area contributed by atoms with E-state index in [1.807, 2.05) is 19.9 Å². The van der Waals surface area contributed by atoms with Gasteiger partial charge in [-0.05, 0) is 61.7 Å². The Kier molecular flexibility index (Phi) is 6.31. The molecule has 1 N–H and O–H groups in total. The van der Waals surface area contributed by atoms with Crippen LogP contribution in [0.1, 0.15) is 24.5 Å². The van der Waals surface area contributed by atoms with E-state index < -0.39 is 16.1 Å². The standard InChI is InChI=1S/C19H23ClN2O3S/c1-5-18(19(23)21-17-10-9-15(20)12-14(17)3)22(26(4,24)25)16-8-6-7-13(2)11-16/h6-12,18H,5H2,1-4H3,(H,21,23). The Morgan fingerprint density at radius 3 is 2.42 bits per heavy atom. The van der Waals surface area contributed by atoms with E-state index in [1.165, 1.54) is 4.31 Å². The molecule has 7 heteroatoms. The summed E-state index contributed by atoms with van der Waals surface area (Å²) < 4.78 is 26.1. The van der Waals surface area contributed by atoms with Crippen LogP contribution in [0.25, 0.3) is 0 Å². The van der Waals surface area contributed by atoms with E-state index in [1.54, 1.807) is 43.3 Å². The average molecular weight is 395 g/mol. The van der Waals surface area contributed by atoms with Crippen molar-refractivity contribution in [2.45, 2.75) is 33.2 Å². The van der Waals surface area contributed by atoms with E-state index in [-0.39, 0.29) is 5.91 Å². The van der Waals surface area contributed by atoms with Gasteiger partial charge in [-0.15, -0.1) is 0 Å². The fourth-order valence-corrected chi connectivity index (χ4v) is 4.24. The molecule has 0 radical (unpaired) electrons. The van der Waals surface area contributed by atoms with Gasteiger partial charge in [0.25, 0.3) is 0 Å². The molecule has 2 rings (SSSR count). The van der Waals surface area contributed by atoms with Crippen LogP contribution in [-0.2, 0) is 14.8 Å². The first-order valence-corrected chi connectivity index (χ1v) is 10.5. The van der Waals surface area contributed by atoms with Gasteiger partial charge in [-0.25, -0.2) is 8.42 Å². The Labute approximate surface area is 160 Å². The number of halogens is 1. The number of nitrogens with zero attached hydrogens (tertiary/aromatic N) is 1. The van der Waals surface area contributed by atoms with Gasteiger partial charge in [0.15, 0.2) is 0 Å². The van der Waals surface area contributed by atoms with Crippen LogP contribution in [-0.4, -0.2) is 26.6 Å². The summed E-state index contributed by atoms with van der Waals surface area (Å²) in [4.78, 5) is 12.9. The molecule has 0 aromatic heterocycles. The molecule has 1 amide bonds. The molecule has 0 spiro atoms. The maximum atomic E-state index is 12.9. The number of benzene rings is 2. The van der Waals surface area contributed by atoms with Gasteiger partial charge in [0.2, 0.25) is 15.9 Å². The Bertz CT molecular complexity index is 913. The van der Waals surface area contributed by atoms with Crippen LogP contribution in [0, 0.1) is 13.8 Å². The normalized spacial score (nSPS) is 12.5. The van der Waals surface area contributed by atoms with Crippen LogP contribution < -0.4 is 9.62 Å². The molecule has 0 fully saturated rings. The number of hydrogen-bond acceptors (Lipinski definition) is 3. The highest BCUT2D eigenvalue weighted by molar-refractivity contribution is 7.92. The van der Waals surface area contributed by atoms with E-state index in [0.717, 1.165) is 17.4 Å². The molecule has 2 aromatic carbocycles. The first-order valence-electron chi connectivity index (χ1n) is 8.26. The maximum absolute atomic E-state index is 12.9. The van der Waals surface area contributed by atoms with Crippen molar-refractivity contribution in [3.63, 3.8) is 0 Å². The van der Waals surface area contributed by atoms with Crippen molar-refractivity contribution in [3.05, 3.63) is 58.6 Å². The zero-order chi connectivity index (χ0) is 19.5. The van der Waals surface area contributed by atoms with Crippen molar-refractivity contribution in [1.82, 2.24) is 0 Å². The second-order valence-electron chi connectivity index (χ2n) is 6.27. The monoisotopic (exact) mass is 394 g/mol. The van der Waals surface area contributed by atoms with Gasteiger partial charge in [0.1, 0.15) is 6.04 Å². The van der Waals surface area contributed by atoms with Crippen molar-refractivity contribution < 1.29 is 13.2 Å². The molecule has 0 aliphatic heterocycles. The van der Waals surface area contributed by atoms with Gasteiger partial charge < -0.3 is 5.32 Å². The minimum absolute atomic E-state index is 0.333. The number of nitrogens with one attached hydrogen (secondary N) is 1. The number of anilines is 2. The number of hydrogen-bond donors (Lipinski definition) is 1. The van der Waals surface area contributed by atoms with E-state index in [2.05, 4.69) is 5.32 Å². The highest BCUT2D eigenvalue weighted by Gasteiger charge is 2.31. The summed E-state index contributed by atoms with van der Waals surface area (Å²) in [5.41, 5.74) is 2.81. The highest BCUT2D eigenvalue weighted by Crippen LogP contribution is 2.25. The molecule has 26 heavy (non-hydrogen) atoms. The first-order chi connectivity index (χ1) is 12.1. The Hall–Kier alpha value is -2.05. The predicted octanol–water partition coefficient (Wildman–Crippen LogP) is 4.14. The Morgan fingerprint density at radius 2 is 1.88 bits per heavy atom. The number of carbonyl (C=O) groups excluding carboxylic acids is 1. The molecule has 5 nitrogen and oxygen atoms in total. The molecule has 0 saturated heterocycles. The van der Waals surface area contributed by atoms with E-state index in [4.69, 9.17) is 11.6 Å². The van der Waals surface area contributed by atoms with Crippen LogP contribution in [0.3, 0.4) is 0 Å². The van der Waals surface area contributed by atoms with Crippen LogP contribution >= 0.6 is 11.6 Å². The summed E-state index contributed by atoms with van der Waals surface area (Å²) in [5.74, 6) is -0.384. The lowest BCUT2D eigenvalue weighted by molar-refractivity contribution is -0.117. The van der Waals surface area contributed by atoms with Gasteiger partial charge in [0, 0.05) is 10.7 Å². The third kappa shape index (κ3) is 4.77. The van der Waals surface area contributed by atoms with Gasteiger partial charge in [-0.3, -0.25) is 9.10 Å². The lowest BCUT2D eigenvalue weighted by Gasteiger charge is -2.30. The lowest BCUT2D eigenvalue weighted by Crippen LogP contribution is -2.47. The fraction of sp³-hybridized carbons (Fsp3) is 0.316. The molecule has 0 saturated carbocycles. The molecule has 0 aliphatic rings. The van der Waals surface area contributed by atoms with Crippen molar-refractivity contribution in [2.75, 3.05) is 15.9 Å². The molecule has 0 heterocycles. The maximum Gasteiger partial charge on any atom is 0.248 e. The Balaban J connectivity index is 2.40. The van der Waals surface area contributed by atoms with Gasteiger partial charge in [-0.1, -0.05) is 30.7 Å². The van der Waals surface area contributed by atoms with Crippen LogP contribution in [0.4, 0.5) is 11.4 Å². The summed E-state index contributed by atoms with van der Waals surface area (Å²) in [7, 11) is -3.65. The summed E-state index contributed by atoms with van der Waals surface area (Å²) in [6.07, 6.45) is 1.44. The average Bonchev–Trinajstić information content (AvgIpc) is 2.53. The second-order valence-corrected chi connectivity index (χ2v) is 8.57. The third-order valence-electron chi connectivity index (χ3n) is 4.03. The molecule has 140 valence electrons. The van der Waals surface area contributed by atoms with Crippen LogP contribution in [0.2, 0.25) is 5.02 Å². The minimum atomic E-state index is -3.65. The number of amides is 1. The third-order valence-corrected chi connectivity index (χ3v) is 5.45. The number of sulfonamides is 1. The van der Waals surface area contributed by atoms with Crippen molar-refractivity contribution in [2.24, 2.45) is 0 Å². The van der Waals surface area contributed by atoms with Crippen molar-refractivity contribution in [3.8, 4) is 0 Å². The highest BCUT2D eigenvalue weighted by atomic mass is 35.5. The van der Waals surface area contributed by atoms with Gasteiger partial charge in [0.05, 0.1) is 11.9 Å². The van der Waals surface area contributed by atoms with E-state index in [9.17, 15) is 13.2 Å². The second kappa shape index (κ2) is 8.10. The summed E-state index contributed by atoms with van der Waals surface area (Å²) in [6.45, 7) is 5.49. The number of carbonyl (C=O) groups is 1. The molecular weight excluding hydrogens is 372 g/mol. The molecule has 2 aromatic rings. The zero-order valence-electron chi connectivity index (χ0n) is 15.3. The molecular formula is C19H23ClN2O3S. The van der Waals surface area contributed by atoms with E-state index in [0.29, 0.717) is 22.8 Å². The van der Waals surface area contributed by atoms with Gasteiger partial charge in [-0.2, -0.15) is 0 Å². The number of rotatable bonds is 6. The smallest absolute Gasteiger partial charge is 0.248 e. The van der Waals surface area contributed by atoms with Crippen molar-refractivity contribution in [1.29, 1.82) is 0 Å².